The fourth-order valence-corrected chi connectivity index (χ4v) is 2.31. The minimum atomic E-state index is -0.477. The minimum absolute atomic E-state index is 0.0689. The Balaban J connectivity index is 2.29. The highest BCUT2D eigenvalue weighted by Gasteiger charge is 2.14. The molecule has 0 fully saturated rings. The Hall–Kier alpha value is -1.54. The summed E-state index contributed by atoms with van der Waals surface area (Å²) in [7, 11) is 2.96. The molecule has 0 aliphatic rings. The molecule has 0 aromatic heterocycles. The van der Waals surface area contributed by atoms with E-state index in [2.05, 4.69) is 21.2 Å². The highest BCUT2D eigenvalue weighted by molar-refractivity contribution is 9.10. The number of rotatable bonds is 7. The second-order valence-corrected chi connectivity index (χ2v) is 6.29. The van der Waals surface area contributed by atoms with Crippen LogP contribution in [0, 0.1) is 0 Å². The smallest absolute Gasteiger partial charge is 0.316 e. The molecular weight excluding hydrogens is 372 g/mol. The molecule has 0 aliphatic heterocycles. The summed E-state index contributed by atoms with van der Waals surface area (Å²) in [6.45, 7) is -0.437. The number of amides is 2. The van der Waals surface area contributed by atoms with Gasteiger partial charge in [-0.25, -0.2) is 0 Å². The Morgan fingerprint density at radius 1 is 1.27 bits per heavy atom. The lowest BCUT2D eigenvalue weighted by molar-refractivity contribution is -0.149. The number of ether oxygens (including phenoxy) is 1. The number of nitrogens with one attached hydrogen (secondary N) is 1. The first kappa shape index (κ1) is 18.5. The van der Waals surface area contributed by atoms with Crippen molar-refractivity contribution in [1.29, 1.82) is 0 Å². The van der Waals surface area contributed by atoms with Gasteiger partial charge in [-0.3, -0.25) is 14.4 Å². The van der Waals surface area contributed by atoms with E-state index in [0.717, 1.165) is 9.37 Å². The molecule has 0 atom stereocenters. The fraction of sp³-hybridized carbons (Fsp3) is 0.357. The van der Waals surface area contributed by atoms with Gasteiger partial charge in [0.2, 0.25) is 5.91 Å². The molecule has 0 saturated carbocycles. The molecule has 1 rings (SSSR count). The molecule has 1 aromatic rings. The third kappa shape index (κ3) is 6.95. The van der Waals surface area contributed by atoms with Crippen molar-refractivity contribution in [3.8, 4) is 0 Å². The van der Waals surface area contributed by atoms with Crippen LogP contribution in [-0.4, -0.2) is 55.7 Å². The molecule has 6 nitrogen and oxygen atoms in total. The van der Waals surface area contributed by atoms with Gasteiger partial charge in [0.05, 0.1) is 12.3 Å². The van der Waals surface area contributed by atoms with Crippen molar-refractivity contribution in [1.82, 2.24) is 10.2 Å². The van der Waals surface area contributed by atoms with Crippen LogP contribution in [0.2, 0.25) is 0 Å². The van der Waals surface area contributed by atoms with Crippen molar-refractivity contribution >= 4 is 45.5 Å². The highest BCUT2D eigenvalue weighted by atomic mass is 79.9. The molecule has 1 aromatic carbocycles. The number of benzene rings is 1. The van der Waals surface area contributed by atoms with E-state index in [1.165, 1.54) is 30.8 Å². The van der Waals surface area contributed by atoms with E-state index < -0.39 is 11.9 Å². The maximum atomic E-state index is 11.7. The lowest BCUT2D eigenvalue weighted by atomic mass is 10.4. The summed E-state index contributed by atoms with van der Waals surface area (Å²) >= 11 is 4.66. The first-order valence-corrected chi connectivity index (χ1v) is 8.18. The van der Waals surface area contributed by atoms with Gasteiger partial charge in [-0.1, -0.05) is 15.9 Å². The van der Waals surface area contributed by atoms with Crippen LogP contribution in [0.5, 0.6) is 0 Å². The van der Waals surface area contributed by atoms with Crippen LogP contribution in [0.1, 0.15) is 0 Å². The summed E-state index contributed by atoms with van der Waals surface area (Å²) in [6, 6.07) is 7.52. The Labute approximate surface area is 141 Å². The predicted octanol–water partition coefficient (Wildman–Crippen LogP) is 1.29. The first-order valence-electron chi connectivity index (χ1n) is 6.41. The van der Waals surface area contributed by atoms with Gasteiger partial charge in [-0.2, -0.15) is 0 Å². The topological polar surface area (TPSA) is 75.7 Å². The van der Waals surface area contributed by atoms with Crippen LogP contribution >= 0.6 is 27.7 Å². The van der Waals surface area contributed by atoms with E-state index in [4.69, 9.17) is 4.74 Å². The number of nitrogens with zero attached hydrogens (tertiary/aromatic N) is 1. The van der Waals surface area contributed by atoms with Crippen LogP contribution in [0.4, 0.5) is 0 Å². The van der Waals surface area contributed by atoms with Gasteiger partial charge in [0, 0.05) is 23.5 Å². The molecule has 120 valence electrons. The van der Waals surface area contributed by atoms with Gasteiger partial charge >= 0.3 is 5.97 Å². The molecule has 1 N–H and O–H groups in total. The average Bonchev–Trinajstić information content (AvgIpc) is 2.51. The molecule has 0 aliphatic carbocycles. The number of carbonyl (C=O) groups is 3. The predicted molar refractivity (Wildman–Crippen MR) is 87.5 cm³/mol. The second kappa shape index (κ2) is 9.47. The van der Waals surface area contributed by atoms with E-state index in [1.54, 1.807) is 0 Å². The molecule has 22 heavy (non-hydrogen) atoms. The zero-order valence-electron chi connectivity index (χ0n) is 12.3. The summed E-state index contributed by atoms with van der Waals surface area (Å²) in [5.74, 6) is -1.07. The van der Waals surface area contributed by atoms with Crippen molar-refractivity contribution < 1.29 is 19.1 Å². The Morgan fingerprint density at radius 3 is 2.50 bits per heavy atom. The molecular formula is C14H17BrN2O4S. The lowest BCUT2D eigenvalue weighted by Gasteiger charge is -2.15. The van der Waals surface area contributed by atoms with Crippen molar-refractivity contribution in [2.24, 2.45) is 0 Å². The number of likely N-dealkylation sites (N-methyl/N-ethyl adjacent to an activating group) is 2. The summed E-state index contributed by atoms with van der Waals surface area (Å²) in [6.07, 6.45) is 0. The van der Waals surface area contributed by atoms with Gasteiger partial charge in [-0.05, 0) is 24.3 Å². The highest BCUT2D eigenvalue weighted by Crippen LogP contribution is 2.20. The molecule has 0 heterocycles. The molecule has 0 radical (unpaired) electrons. The number of thioether (sulfide) groups is 1. The summed E-state index contributed by atoms with van der Waals surface area (Å²) < 4.78 is 5.86. The summed E-state index contributed by atoms with van der Waals surface area (Å²) in [5.41, 5.74) is 0. The van der Waals surface area contributed by atoms with E-state index in [1.807, 2.05) is 24.3 Å². The molecule has 0 unspecified atom stereocenters. The van der Waals surface area contributed by atoms with Gasteiger partial charge in [0.25, 0.3) is 5.91 Å². The van der Waals surface area contributed by atoms with E-state index in [-0.39, 0.29) is 24.8 Å². The maximum absolute atomic E-state index is 11.7. The monoisotopic (exact) mass is 388 g/mol. The quantitative estimate of drug-likeness (QED) is 0.562. The Bertz CT molecular complexity index is 536. The van der Waals surface area contributed by atoms with Crippen molar-refractivity contribution in [3.05, 3.63) is 28.7 Å². The third-order valence-electron chi connectivity index (χ3n) is 2.61. The summed E-state index contributed by atoms with van der Waals surface area (Å²) in [5, 5.41) is 2.41. The number of hydrogen-bond donors (Lipinski definition) is 1. The molecule has 0 spiro atoms. The van der Waals surface area contributed by atoms with Crippen molar-refractivity contribution in [3.63, 3.8) is 0 Å². The van der Waals surface area contributed by atoms with Crippen LogP contribution in [0.25, 0.3) is 0 Å². The van der Waals surface area contributed by atoms with Gasteiger partial charge < -0.3 is 15.0 Å². The molecule has 2 amide bonds. The molecule has 8 heteroatoms. The third-order valence-corrected chi connectivity index (χ3v) is 4.13. The van der Waals surface area contributed by atoms with E-state index >= 15 is 0 Å². The Kier molecular flexibility index (Phi) is 7.97. The first-order chi connectivity index (χ1) is 10.4. The lowest BCUT2D eigenvalue weighted by Crippen LogP contribution is -2.39. The SMILES string of the molecule is CNC(=O)CN(C)C(=O)COC(=O)CSc1ccc(Br)cc1. The number of carbonyl (C=O) groups excluding carboxylic acids is 3. The number of halogens is 1. The zero-order valence-corrected chi connectivity index (χ0v) is 14.7. The Morgan fingerprint density at radius 2 is 1.91 bits per heavy atom. The van der Waals surface area contributed by atoms with Crippen molar-refractivity contribution in [2.75, 3.05) is 33.0 Å². The van der Waals surface area contributed by atoms with E-state index in [0.29, 0.717) is 0 Å². The van der Waals surface area contributed by atoms with Crippen LogP contribution in [0.3, 0.4) is 0 Å². The second-order valence-electron chi connectivity index (χ2n) is 4.33. The standard InChI is InChI=1S/C14H17BrN2O4S/c1-16-12(18)7-17(2)13(19)8-21-14(20)9-22-11-5-3-10(15)4-6-11/h3-6H,7-9H2,1-2H3,(H,16,18). The van der Waals surface area contributed by atoms with Crippen LogP contribution < -0.4 is 5.32 Å². The van der Waals surface area contributed by atoms with Gasteiger partial charge in [-0.15, -0.1) is 11.8 Å². The van der Waals surface area contributed by atoms with Crippen LogP contribution in [-0.2, 0) is 19.1 Å². The normalized spacial score (nSPS) is 9.95. The molecule has 0 saturated heterocycles. The number of hydrogen-bond acceptors (Lipinski definition) is 5. The fourth-order valence-electron chi connectivity index (χ4n) is 1.35. The zero-order chi connectivity index (χ0) is 16.5. The molecule has 0 bridgehead atoms. The van der Waals surface area contributed by atoms with Gasteiger partial charge in [0.1, 0.15) is 0 Å². The maximum Gasteiger partial charge on any atom is 0.316 e. The minimum Gasteiger partial charge on any atom is -0.455 e. The number of esters is 1. The summed E-state index contributed by atoms with van der Waals surface area (Å²) in [4.78, 5) is 36.5. The van der Waals surface area contributed by atoms with Crippen molar-refractivity contribution in [2.45, 2.75) is 4.90 Å². The average molecular weight is 389 g/mol. The van der Waals surface area contributed by atoms with E-state index in [9.17, 15) is 14.4 Å². The van der Waals surface area contributed by atoms with Crippen LogP contribution in [0.15, 0.2) is 33.6 Å². The van der Waals surface area contributed by atoms with Gasteiger partial charge in [0.15, 0.2) is 6.61 Å². The largest absolute Gasteiger partial charge is 0.455 e.